The molecule has 0 aliphatic heterocycles. The Bertz CT molecular complexity index is 1180. The van der Waals surface area contributed by atoms with E-state index in [2.05, 4.69) is 17.2 Å². The third-order valence-electron chi connectivity index (χ3n) is 11.6. The fraction of sp³-hybridized carbons (Fsp3) is 0.767. The minimum atomic E-state index is -0.530. The van der Waals surface area contributed by atoms with E-state index in [1.54, 1.807) is 4.68 Å². The van der Waals surface area contributed by atoms with Crippen LogP contribution in [0.25, 0.3) is 11.0 Å². The number of hydrogen-bond acceptors (Lipinski definition) is 5. The van der Waals surface area contributed by atoms with E-state index in [0.29, 0.717) is 34.5 Å². The molecule has 0 unspecified atom stereocenters. The summed E-state index contributed by atoms with van der Waals surface area (Å²) in [6, 6.07) is 5.53. The van der Waals surface area contributed by atoms with E-state index in [1.165, 1.54) is 19.3 Å². The summed E-state index contributed by atoms with van der Waals surface area (Å²) in [7, 11) is 1.82. The van der Waals surface area contributed by atoms with Gasteiger partial charge in [-0.05, 0) is 124 Å². The number of rotatable bonds is 6. The molecule has 2 aromatic rings. The number of halogens is 1. The Balaban J connectivity index is 1.24. The fourth-order valence-electron chi connectivity index (χ4n) is 9.87. The lowest BCUT2D eigenvalue weighted by Crippen LogP contribution is -2.57. The number of ether oxygens (including phenoxy) is 1. The number of carbonyl (C=O) groups excluding carboxylic acids is 1. The summed E-state index contributed by atoms with van der Waals surface area (Å²) in [4.78, 5) is 13.8. The maximum atomic E-state index is 13.8. The van der Waals surface area contributed by atoms with Crippen LogP contribution in [0.4, 0.5) is 0 Å². The van der Waals surface area contributed by atoms with Gasteiger partial charge in [0, 0.05) is 24.7 Å². The molecular weight excluding hydrogens is 486 g/mol. The minimum absolute atomic E-state index is 0.0573. The number of methoxy groups -OCH3 is 1. The lowest BCUT2D eigenvalue weighted by Gasteiger charge is -2.63. The molecule has 4 aliphatic rings. The summed E-state index contributed by atoms with van der Waals surface area (Å²) < 4.78 is 7.37. The van der Waals surface area contributed by atoms with E-state index in [1.807, 2.05) is 32.2 Å². The molecule has 0 radical (unpaired) electrons. The van der Waals surface area contributed by atoms with Crippen molar-refractivity contribution in [2.75, 3.05) is 13.7 Å². The Labute approximate surface area is 225 Å². The first-order chi connectivity index (χ1) is 17.7. The predicted octanol–water partition coefficient (Wildman–Crippen LogP) is 6.08. The molecule has 1 heterocycles. The number of aliphatic hydroxyl groups is 1. The van der Waals surface area contributed by atoms with E-state index in [0.717, 1.165) is 62.6 Å². The standard InChI is InChI=1S/C30H42ClN3O3/c1-28(36)12-13-30(14-15-37-3)19(17-28)4-6-21-22-7-8-24(29(22,2)11-10-23(21)30)27(35)18-34-26-16-20(31)5-9-25(26)32-33-34/h5,9,16,19,21-24,36H,4,6-8,10-15,17-18H2,1-3H3/t19-,21-,22-,23-,24+,28+,29-,30+/m0/s1. The molecule has 4 saturated carbocycles. The van der Waals surface area contributed by atoms with E-state index in [-0.39, 0.29) is 23.3 Å². The molecule has 0 amide bonds. The van der Waals surface area contributed by atoms with Gasteiger partial charge in [-0.25, -0.2) is 4.68 Å². The number of carbonyl (C=O) groups is 1. The molecule has 37 heavy (non-hydrogen) atoms. The zero-order valence-corrected chi connectivity index (χ0v) is 23.3. The summed E-state index contributed by atoms with van der Waals surface area (Å²) in [5.41, 5.74) is 1.41. The number of hydrogen-bond donors (Lipinski definition) is 1. The highest BCUT2D eigenvalue weighted by Crippen LogP contribution is 2.69. The molecular formula is C30H42ClN3O3. The fourth-order valence-corrected chi connectivity index (χ4v) is 10.0. The third-order valence-corrected chi connectivity index (χ3v) is 11.8. The van der Waals surface area contributed by atoms with Crippen molar-refractivity contribution in [1.29, 1.82) is 0 Å². The van der Waals surface area contributed by atoms with Crippen LogP contribution in [0.3, 0.4) is 0 Å². The molecule has 0 spiro atoms. The summed E-state index contributed by atoms with van der Waals surface area (Å²) in [5, 5.41) is 20.1. The predicted molar refractivity (Wildman–Crippen MR) is 144 cm³/mol. The van der Waals surface area contributed by atoms with Crippen LogP contribution in [0.2, 0.25) is 5.02 Å². The molecule has 4 aliphatic carbocycles. The number of ketones is 1. The summed E-state index contributed by atoms with van der Waals surface area (Å²) in [6.07, 6.45) is 11.0. The molecule has 1 aromatic carbocycles. The van der Waals surface area contributed by atoms with Crippen LogP contribution in [-0.4, -0.2) is 45.2 Å². The van der Waals surface area contributed by atoms with Crippen molar-refractivity contribution in [2.45, 2.75) is 90.2 Å². The zero-order valence-electron chi connectivity index (χ0n) is 22.6. The van der Waals surface area contributed by atoms with Crippen LogP contribution in [0, 0.1) is 40.4 Å². The van der Waals surface area contributed by atoms with E-state index < -0.39 is 5.60 Å². The van der Waals surface area contributed by atoms with Crippen LogP contribution in [0.1, 0.15) is 78.1 Å². The highest BCUT2D eigenvalue weighted by Gasteiger charge is 2.62. The second-order valence-corrected chi connectivity index (χ2v) is 13.8. The van der Waals surface area contributed by atoms with Gasteiger partial charge in [0.1, 0.15) is 12.1 Å². The first kappa shape index (κ1) is 25.8. The Morgan fingerprint density at radius 2 is 1.97 bits per heavy atom. The number of fused-ring (bicyclic) bond motifs is 6. The van der Waals surface area contributed by atoms with Crippen molar-refractivity contribution >= 4 is 28.4 Å². The van der Waals surface area contributed by atoms with Crippen LogP contribution in [0.15, 0.2) is 18.2 Å². The third kappa shape index (κ3) is 4.17. The highest BCUT2D eigenvalue weighted by molar-refractivity contribution is 6.31. The lowest BCUT2D eigenvalue weighted by molar-refractivity contribution is -0.163. The van der Waals surface area contributed by atoms with Crippen LogP contribution in [-0.2, 0) is 16.1 Å². The van der Waals surface area contributed by atoms with E-state index >= 15 is 0 Å². The average Bonchev–Trinajstić information content (AvgIpc) is 3.42. The number of Topliss-reactive ketones (excluding diaryl/α,β-unsaturated/α-hetero) is 1. The van der Waals surface area contributed by atoms with Crippen molar-refractivity contribution in [3.63, 3.8) is 0 Å². The van der Waals surface area contributed by atoms with Gasteiger partial charge in [0.15, 0.2) is 5.78 Å². The minimum Gasteiger partial charge on any atom is -0.390 e. The molecule has 8 atom stereocenters. The number of benzene rings is 1. The normalized spacial score (nSPS) is 41.3. The van der Waals surface area contributed by atoms with Gasteiger partial charge < -0.3 is 9.84 Å². The molecule has 4 fully saturated rings. The van der Waals surface area contributed by atoms with Crippen molar-refractivity contribution in [2.24, 2.45) is 40.4 Å². The van der Waals surface area contributed by atoms with Gasteiger partial charge in [-0.3, -0.25) is 4.79 Å². The van der Waals surface area contributed by atoms with Crippen molar-refractivity contribution in [3.05, 3.63) is 23.2 Å². The Morgan fingerprint density at radius 1 is 1.14 bits per heavy atom. The quantitative estimate of drug-likeness (QED) is 0.492. The van der Waals surface area contributed by atoms with Crippen LogP contribution >= 0.6 is 11.6 Å². The maximum absolute atomic E-state index is 13.8. The smallest absolute Gasteiger partial charge is 0.157 e. The molecule has 0 bridgehead atoms. The zero-order chi connectivity index (χ0) is 26.0. The largest absolute Gasteiger partial charge is 0.390 e. The monoisotopic (exact) mass is 527 g/mol. The van der Waals surface area contributed by atoms with Crippen LogP contribution in [0.5, 0.6) is 0 Å². The van der Waals surface area contributed by atoms with Gasteiger partial charge in [0.25, 0.3) is 0 Å². The van der Waals surface area contributed by atoms with Crippen molar-refractivity contribution in [3.8, 4) is 0 Å². The van der Waals surface area contributed by atoms with E-state index in [9.17, 15) is 9.90 Å². The second-order valence-electron chi connectivity index (χ2n) is 13.3. The summed E-state index contributed by atoms with van der Waals surface area (Å²) in [5.74, 6) is 2.93. The SMILES string of the molecule is COCC[C@]12CC[C@@](C)(O)C[C@@H]1CC[C@H]1[C@@H]3CC[C@H](C(=O)Cn4nnc5ccc(Cl)cc54)[C@@]3(C)CC[C@@H]12. The molecule has 1 aromatic heterocycles. The van der Waals surface area contributed by atoms with Gasteiger partial charge in [-0.15, -0.1) is 5.10 Å². The van der Waals surface area contributed by atoms with Crippen molar-refractivity contribution < 1.29 is 14.6 Å². The molecule has 202 valence electrons. The lowest BCUT2D eigenvalue weighted by atomic mass is 9.42. The van der Waals surface area contributed by atoms with Gasteiger partial charge in [-0.2, -0.15) is 0 Å². The van der Waals surface area contributed by atoms with Gasteiger partial charge in [0.05, 0.1) is 11.1 Å². The summed E-state index contributed by atoms with van der Waals surface area (Å²) >= 11 is 6.22. The van der Waals surface area contributed by atoms with Crippen LogP contribution < -0.4 is 0 Å². The van der Waals surface area contributed by atoms with E-state index in [4.69, 9.17) is 16.3 Å². The summed E-state index contributed by atoms with van der Waals surface area (Å²) in [6.45, 7) is 5.53. The first-order valence-corrected chi connectivity index (χ1v) is 14.8. The Kier molecular flexibility index (Phi) is 6.48. The Hall–Kier alpha value is -1.50. The topological polar surface area (TPSA) is 77.2 Å². The molecule has 1 N–H and O–H groups in total. The molecule has 7 heteroatoms. The number of aromatic nitrogens is 3. The number of nitrogens with zero attached hydrogens (tertiary/aromatic N) is 3. The van der Waals surface area contributed by atoms with Gasteiger partial charge in [-0.1, -0.05) is 23.7 Å². The van der Waals surface area contributed by atoms with Gasteiger partial charge in [0.2, 0.25) is 0 Å². The average molecular weight is 528 g/mol. The maximum Gasteiger partial charge on any atom is 0.157 e. The highest BCUT2D eigenvalue weighted by atomic mass is 35.5. The first-order valence-electron chi connectivity index (χ1n) is 14.4. The molecule has 6 rings (SSSR count). The molecule has 6 nitrogen and oxygen atoms in total. The van der Waals surface area contributed by atoms with Crippen molar-refractivity contribution in [1.82, 2.24) is 15.0 Å². The second kappa shape index (κ2) is 9.31. The molecule has 0 saturated heterocycles. The van der Waals surface area contributed by atoms with Gasteiger partial charge >= 0.3 is 0 Å². The Morgan fingerprint density at radius 3 is 2.78 bits per heavy atom.